The van der Waals surface area contributed by atoms with Gasteiger partial charge in [-0.1, -0.05) is 0 Å². The van der Waals surface area contributed by atoms with Gasteiger partial charge in [-0.15, -0.1) is 0 Å². The van der Waals surface area contributed by atoms with E-state index in [1.807, 2.05) is 6.92 Å². The first-order valence-corrected chi connectivity index (χ1v) is 4.16. The van der Waals surface area contributed by atoms with E-state index in [9.17, 15) is 4.79 Å². The molecule has 3 nitrogen and oxygen atoms in total. The van der Waals surface area contributed by atoms with Gasteiger partial charge in [0.25, 0.3) is 0 Å². The normalized spacial score (nSPS) is 22.0. The van der Waals surface area contributed by atoms with Crippen molar-refractivity contribution in [3.63, 3.8) is 0 Å². The van der Waals surface area contributed by atoms with E-state index < -0.39 is 0 Å². The number of hydrogen-bond donors (Lipinski definition) is 1. The summed E-state index contributed by atoms with van der Waals surface area (Å²) in [6.45, 7) is 2.77. The second kappa shape index (κ2) is 3.72. The molecule has 0 aromatic carbocycles. The number of likely N-dealkylation sites (tertiary alicyclic amines) is 1. The van der Waals surface area contributed by atoms with Gasteiger partial charge in [-0.25, -0.2) is 0 Å². The molecule has 1 saturated heterocycles. The predicted octanol–water partition coefficient (Wildman–Crippen LogP) is 0.380. The van der Waals surface area contributed by atoms with E-state index in [0.717, 1.165) is 19.4 Å². The number of aliphatic hydroxyl groups is 1. The molecule has 1 rings (SSSR count). The van der Waals surface area contributed by atoms with Gasteiger partial charge in [0.2, 0.25) is 5.91 Å². The molecule has 11 heavy (non-hydrogen) atoms. The fourth-order valence-electron chi connectivity index (χ4n) is 1.39. The first-order chi connectivity index (χ1) is 5.25. The molecule has 64 valence electrons. The van der Waals surface area contributed by atoms with E-state index in [4.69, 9.17) is 5.11 Å². The van der Waals surface area contributed by atoms with Crippen LogP contribution in [-0.2, 0) is 4.79 Å². The number of carbonyl (C=O) groups is 1. The van der Waals surface area contributed by atoms with Gasteiger partial charge >= 0.3 is 0 Å². The summed E-state index contributed by atoms with van der Waals surface area (Å²) in [6.07, 6.45) is 2.74. The largest absolute Gasteiger partial charge is 0.394 e. The van der Waals surface area contributed by atoms with Crippen molar-refractivity contribution in [2.45, 2.75) is 32.2 Å². The van der Waals surface area contributed by atoms with Crippen LogP contribution in [0, 0.1) is 0 Å². The monoisotopic (exact) mass is 157 g/mol. The van der Waals surface area contributed by atoms with E-state index in [-0.39, 0.29) is 18.6 Å². The minimum atomic E-state index is 0.00259. The summed E-state index contributed by atoms with van der Waals surface area (Å²) < 4.78 is 0. The number of hydrogen-bond acceptors (Lipinski definition) is 2. The maximum atomic E-state index is 11.2. The topological polar surface area (TPSA) is 40.5 Å². The summed E-state index contributed by atoms with van der Waals surface area (Å²) in [5.41, 5.74) is 0. The Labute approximate surface area is 67.0 Å². The van der Waals surface area contributed by atoms with Crippen molar-refractivity contribution in [1.82, 2.24) is 4.90 Å². The van der Waals surface area contributed by atoms with E-state index in [2.05, 4.69) is 0 Å². The van der Waals surface area contributed by atoms with Crippen LogP contribution in [0.2, 0.25) is 0 Å². The Hall–Kier alpha value is -0.570. The fraction of sp³-hybridized carbons (Fsp3) is 0.875. The zero-order valence-corrected chi connectivity index (χ0v) is 6.92. The number of aliphatic hydroxyl groups excluding tert-OH is 1. The Balaban J connectivity index is 2.47. The molecule has 1 aliphatic rings. The standard InChI is InChI=1S/C8H15NO2/c1-7(6-10)9-5-3-2-4-8(9)11/h7,10H,2-6H2,1H3/t7-/m1/s1. The molecule has 0 aliphatic carbocycles. The molecule has 0 aromatic rings. The molecule has 0 unspecified atom stereocenters. The molecular weight excluding hydrogens is 142 g/mol. The Morgan fingerprint density at radius 3 is 2.91 bits per heavy atom. The van der Waals surface area contributed by atoms with Gasteiger partial charge in [0.05, 0.1) is 12.6 Å². The molecule has 0 radical (unpaired) electrons. The van der Waals surface area contributed by atoms with Crippen molar-refractivity contribution in [1.29, 1.82) is 0 Å². The van der Waals surface area contributed by atoms with Gasteiger partial charge in [-0.2, -0.15) is 0 Å². The Kier molecular flexibility index (Phi) is 2.88. The smallest absolute Gasteiger partial charge is 0.222 e. The third kappa shape index (κ3) is 1.93. The first kappa shape index (κ1) is 8.53. The Morgan fingerprint density at radius 2 is 2.36 bits per heavy atom. The van der Waals surface area contributed by atoms with Crippen molar-refractivity contribution in [2.75, 3.05) is 13.2 Å². The van der Waals surface area contributed by atoms with Crippen LogP contribution in [0.1, 0.15) is 26.2 Å². The third-order valence-electron chi connectivity index (χ3n) is 2.16. The summed E-state index contributed by atoms with van der Waals surface area (Å²) in [5, 5.41) is 8.81. The Morgan fingerprint density at radius 1 is 1.64 bits per heavy atom. The van der Waals surface area contributed by atoms with Crippen molar-refractivity contribution >= 4 is 5.91 Å². The number of carbonyl (C=O) groups excluding carboxylic acids is 1. The molecule has 1 amide bonds. The molecule has 3 heteroatoms. The van der Waals surface area contributed by atoms with Gasteiger partial charge in [0.15, 0.2) is 0 Å². The van der Waals surface area contributed by atoms with E-state index in [1.165, 1.54) is 0 Å². The molecule has 1 atom stereocenters. The van der Waals surface area contributed by atoms with Crippen molar-refractivity contribution in [2.24, 2.45) is 0 Å². The van der Waals surface area contributed by atoms with Crippen LogP contribution in [0.15, 0.2) is 0 Å². The summed E-state index contributed by atoms with van der Waals surface area (Å²) in [4.78, 5) is 13.0. The number of piperidine rings is 1. The highest BCUT2D eigenvalue weighted by Gasteiger charge is 2.21. The average Bonchev–Trinajstić information content (AvgIpc) is 2.04. The molecule has 1 N–H and O–H groups in total. The third-order valence-corrected chi connectivity index (χ3v) is 2.16. The van der Waals surface area contributed by atoms with Gasteiger partial charge in [-0.3, -0.25) is 4.79 Å². The van der Waals surface area contributed by atoms with Gasteiger partial charge in [-0.05, 0) is 19.8 Å². The van der Waals surface area contributed by atoms with Crippen LogP contribution in [0.3, 0.4) is 0 Å². The minimum absolute atomic E-state index is 0.00259. The van der Waals surface area contributed by atoms with Crippen LogP contribution in [0.25, 0.3) is 0 Å². The maximum absolute atomic E-state index is 11.2. The second-order valence-electron chi connectivity index (χ2n) is 3.08. The maximum Gasteiger partial charge on any atom is 0.222 e. The number of rotatable bonds is 2. The summed E-state index contributed by atoms with van der Waals surface area (Å²) in [6, 6.07) is 0.00259. The van der Waals surface area contributed by atoms with Crippen LogP contribution < -0.4 is 0 Å². The number of amides is 1. The zero-order chi connectivity index (χ0) is 8.27. The van der Waals surface area contributed by atoms with Crippen molar-refractivity contribution < 1.29 is 9.90 Å². The van der Waals surface area contributed by atoms with E-state index >= 15 is 0 Å². The summed E-state index contributed by atoms with van der Waals surface area (Å²) >= 11 is 0. The molecule has 1 heterocycles. The summed E-state index contributed by atoms with van der Waals surface area (Å²) in [7, 11) is 0. The highest BCUT2D eigenvalue weighted by molar-refractivity contribution is 5.77. The predicted molar refractivity (Wildman–Crippen MR) is 42.1 cm³/mol. The number of nitrogens with zero attached hydrogens (tertiary/aromatic N) is 1. The lowest BCUT2D eigenvalue weighted by Gasteiger charge is -2.31. The van der Waals surface area contributed by atoms with Gasteiger partial charge in [0, 0.05) is 13.0 Å². The summed E-state index contributed by atoms with van der Waals surface area (Å²) in [5.74, 6) is 0.192. The van der Waals surface area contributed by atoms with Crippen LogP contribution in [0.4, 0.5) is 0 Å². The lowest BCUT2D eigenvalue weighted by Crippen LogP contribution is -2.43. The van der Waals surface area contributed by atoms with Crippen LogP contribution in [0.5, 0.6) is 0 Å². The molecule has 0 spiro atoms. The zero-order valence-electron chi connectivity index (χ0n) is 6.92. The van der Waals surface area contributed by atoms with E-state index in [1.54, 1.807) is 4.90 Å². The van der Waals surface area contributed by atoms with E-state index in [0.29, 0.717) is 6.42 Å². The first-order valence-electron chi connectivity index (χ1n) is 4.16. The van der Waals surface area contributed by atoms with Gasteiger partial charge < -0.3 is 10.0 Å². The lowest BCUT2D eigenvalue weighted by molar-refractivity contribution is -0.136. The average molecular weight is 157 g/mol. The SMILES string of the molecule is C[C@H](CO)N1CCCCC1=O. The molecule has 0 saturated carbocycles. The van der Waals surface area contributed by atoms with Crippen LogP contribution >= 0.6 is 0 Å². The highest BCUT2D eigenvalue weighted by atomic mass is 16.3. The second-order valence-corrected chi connectivity index (χ2v) is 3.08. The molecular formula is C8H15NO2. The molecule has 1 fully saturated rings. The van der Waals surface area contributed by atoms with Crippen LogP contribution in [-0.4, -0.2) is 35.1 Å². The molecule has 1 aliphatic heterocycles. The fourth-order valence-corrected chi connectivity index (χ4v) is 1.39. The minimum Gasteiger partial charge on any atom is -0.394 e. The Bertz CT molecular complexity index is 147. The van der Waals surface area contributed by atoms with Gasteiger partial charge in [0.1, 0.15) is 0 Å². The molecule has 0 bridgehead atoms. The quantitative estimate of drug-likeness (QED) is 0.629. The highest BCUT2D eigenvalue weighted by Crippen LogP contribution is 2.12. The van der Waals surface area contributed by atoms with Crippen molar-refractivity contribution in [3.8, 4) is 0 Å². The van der Waals surface area contributed by atoms with Crippen molar-refractivity contribution in [3.05, 3.63) is 0 Å². The lowest BCUT2D eigenvalue weighted by atomic mass is 10.1. The molecule has 0 aromatic heterocycles.